The van der Waals surface area contributed by atoms with Gasteiger partial charge in [-0.3, -0.25) is 24.3 Å². The van der Waals surface area contributed by atoms with Gasteiger partial charge in [0.1, 0.15) is 42.4 Å². The lowest BCUT2D eigenvalue weighted by Crippen LogP contribution is -2.61. The number of pyridine rings is 1. The molecule has 0 radical (unpaired) electrons. The third-order valence-corrected chi connectivity index (χ3v) is 18.7. The highest BCUT2D eigenvalue weighted by atomic mass is 19.1. The van der Waals surface area contributed by atoms with Crippen LogP contribution < -0.4 is 5.32 Å². The number of nitrogens with one attached hydrogen (secondary N) is 1. The van der Waals surface area contributed by atoms with E-state index in [1.54, 1.807) is 81.0 Å². The van der Waals surface area contributed by atoms with E-state index in [1.807, 2.05) is 61.8 Å². The molecule has 0 aliphatic carbocycles. The maximum atomic E-state index is 15.1. The summed E-state index contributed by atoms with van der Waals surface area (Å²) < 4.78 is 71.9. The van der Waals surface area contributed by atoms with Gasteiger partial charge in [-0.05, 0) is 92.0 Å². The molecular weight excluding hydrogens is 1050 g/mol. The van der Waals surface area contributed by atoms with Gasteiger partial charge in [-0.2, -0.15) is 0 Å². The number of aromatic nitrogens is 1. The Balaban J connectivity index is 1.17. The monoisotopic (exact) mass is 1140 g/mol. The number of likely N-dealkylation sites (N-methyl/N-ethyl adjacent to an activating group) is 1. The van der Waals surface area contributed by atoms with Crippen LogP contribution in [0.1, 0.15) is 119 Å². The van der Waals surface area contributed by atoms with Crippen LogP contribution in [0.4, 0.5) is 4.39 Å². The average Bonchev–Trinajstić information content (AvgIpc) is 1.52. The smallest absolute Gasteiger partial charge is 0.329 e. The molecule has 1 amide bonds. The van der Waals surface area contributed by atoms with E-state index in [1.165, 1.54) is 14.2 Å². The second-order valence-electron chi connectivity index (χ2n) is 24.2. The number of methoxy groups -OCH3 is 3. The van der Waals surface area contributed by atoms with E-state index in [0.717, 1.165) is 16.8 Å². The quantitative estimate of drug-likeness (QED) is 0.106. The summed E-state index contributed by atoms with van der Waals surface area (Å²) in [5.41, 5.74) is -2.18. The Labute approximate surface area is 477 Å². The zero-order valence-electron chi connectivity index (χ0n) is 50.1. The Hall–Kier alpha value is -4.10. The summed E-state index contributed by atoms with van der Waals surface area (Å²) in [5, 5.41) is 37.5. The van der Waals surface area contributed by atoms with Gasteiger partial charge in [-0.25, -0.2) is 9.18 Å². The maximum Gasteiger partial charge on any atom is 0.329 e. The number of Topliss-reactive ketones (excluding diaryl/α,β-unsaturated/α-hetero) is 1. The van der Waals surface area contributed by atoms with Gasteiger partial charge in [-0.1, -0.05) is 58.0 Å². The van der Waals surface area contributed by atoms with Crippen molar-refractivity contribution in [1.82, 2.24) is 20.1 Å². The molecule has 0 saturated carbocycles. The van der Waals surface area contributed by atoms with Gasteiger partial charge in [0, 0.05) is 88.5 Å². The number of cyclic esters (lactones) is 1. The minimum atomic E-state index is -1.41. The highest BCUT2D eigenvalue weighted by Crippen LogP contribution is 2.61. The number of hydrogen-bond acceptors (Lipinski definition) is 19. The Kier molecular flexibility index (Phi) is 20.7. The van der Waals surface area contributed by atoms with E-state index in [-0.39, 0.29) is 44.6 Å². The highest BCUT2D eigenvalue weighted by Gasteiger charge is 2.84. The third kappa shape index (κ3) is 12.8. The van der Waals surface area contributed by atoms with Crippen LogP contribution in [0.15, 0.2) is 42.6 Å². The Morgan fingerprint density at radius 1 is 0.938 bits per heavy atom. The summed E-state index contributed by atoms with van der Waals surface area (Å²) >= 11 is 0. The summed E-state index contributed by atoms with van der Waals surface area (Å²) in [6.07, 6.45) is -8.22. The molecule has 4 N–H and O–H groups in total. The first-order valence-corrected chi connectivity index (χ1v) is 28.8. The normalized spacial score (nSPS) is 40.1. The van der Waals surface area contributed by atoms with Crippen LogP contribution in [0.25, 0.3) is 11.1 Å². The molecule has 5 saturated heterocycles. The van der Waals surface area contributed by atoms with Gasteiger partial charge in [-0.15, -0.1) is 0 Å². The van der Waals surface area contributed by atoms with E-state index >= 15 is 9.59 Å². The first kappa shape index (κ1) is 64.5. The van der Waals surface area contributed by atoms with E-state index in [9.17, 15) is 29.3 Å². The molecule has 21 heteroatoms. The van der Waals surface area contributed by atoms with Crippen LogP contribution in [-0.4, -0.2) is 204 Å². The van der Waals surface area contributed by atoms with Crippen molar-refractivity contribution < 1.29 is 81.5 Å². The predicted molar refractivity (Wildman–Crippen MR) is 295 cm³/mol. The summed E-state index contributed by atoms with van der Waals surface area (Å²) in [6, 6.07) is 8.33. The number of carbonyl (C=O) groups excluding carboxylic acids is 4. The number of ketones is 1. The molecule has 3 unspecified atom stereocenters. The fraction of sp³-hybridized carbons (Fsp3) is 0.750. The van der Waals surface area contributed by atoms with Crippen molar-refractivity contribution in [1.29, 1.82) is 0 Å². The molecule has 2 bridgehead atoms. The van der Waals surface area contributed by atoms with E-state index in [0.29, 0.717) is 18.5 Å². The Morgan fingerprint density at radius 2 is 1.60 bits per heavy atom. The molecule has 454 valence electrons. The number of benzene rings is 1. The summed E-state index contributed by atoms with van der Waals surface area (Å²) in [5.74, 6) is -5.58. The molecule has 2 aromatic rings. The van der Waals surface area contributed by atoms with Crippen molar-refractivity contribution in [2.45, 2.75) is 210 Å². The van der Waals surface area contributed by atoms with Crippen LogP contribution in [0.5, 0.6) is 0 Å². The van der Waals surface area contributed by atoms with Gasteiger partial charge < -0.3 is 68.2 Å². The van der Waals surface area contributed by atoms with Gasteiger partial charge in [0.25, 0.3) is 0 Å². The second-order valence-corrected chi connectivity index (χ2v) is 24.2. The molecule has 0 spiro atoms. The number of aryl methyl sites for hydroxylation is 1. The van der Waals surface area contributed by atoms with Crippen LogP contribution in [0.2, 0.25) is 0 Å². The minimum Gasteiger partial charge on any atom is -0.458 e. The van der Waals surface area contributed by atoms with Crippen LogP contribution in [0, 0.1) is 30.6 Å². The first-order chi connectivity index (χ1) is 38.2. The zero-order chi connectivity index (χ0) is 59.7. The lowest BCUT2D eigenvalue weighted by Gasteiger charge is -2.49. The van der Waals surface area contributed by atoms with Gasteiger partial charge in [0.2, 0.25) is 5.91 Å². The first-order valence-electron chi connectivity index (χ1n) is 28.8. The summed E-state index contributed by atoms with van der Waals surface area (Å²) in [7, 11) is 6.29. The summed E-state index contributed by atoms with van der Waals surface area (Å²) in [6.45, 7) is 19.2. The van der Waals surface area contributed by atoms with Crippen molar-refractivity contribution in [3.63, 3.8) is 0 Å². The number of aliphatic hydroxyl groups is 3. The standard InChI is InChI=1S/C60H91FN4O16/c1-16-44-59(11)55-60(56(72)81-59,65(55)25-26-73-13)37(7)47(67)32(2)28-58(10,75-15)52(35(5)50(36(6)53(71)78-44)79-46-29-57(9,74-14)51(70)38(8)77-46)80-54-49(69)43(27-34(4)76-54)64(12)24-23-45(66)63-42(30-61)48(68)40-21-19-39(20-22-40)41-18-17-33(3)62-31-41/h17-22,31-32,34-38,42-44,46,48-52,54-55,68-70H,16,23-30H2,1-15H3,(H,63,66)/t32-,34-,35+,36-,37+,38+,42-,43?,44-,46+,48-,49-,50+,51+,52-,54+,55+,57-,58-,59-,60?,65?/m1/s1. The highest BCUT2D eigenvalue weighted by molar-refractivity contribution is 5.98. The zero-order valence-corrected chi connectivity index (χ0v) is 50.1. The van der Waals surface area contributed by atoms with E-state index in [2.05, 4.69) is 10.3 Å². The average molecular weight is 1140 g/mol. The molecule has 1 aromatic carbocycles. The number of amides is 1. The maximum absolute atomic E-state index is 15.1. The molecule has 6 heterocycles. The molecule has 5 aliphatic rings. The fourth-order valence-corrected chi connectivity index (χ4v) is 13.6. The van der Waals surface area contributed by atoms with Crippen molar-refractivity contribution in [2.75, 3.05) is 54.7 Å². The van der Waals surface area contributed by atoms with Crippen LogP contribution in [0.3, 0.4) is 0 Å². The molecule has 22 atom stereocenters. The number of nitrogens with zero attached hydrogens (tertiary/aromatic N) is 3. The number of ether oxygens (including phenoxy) is 9. The van der Waals surface area contributed by atoms with Crippen LogP contribution >= 0.6 is 0 Å². The Bertz CT molecular complexity index is 2480. The lowest BCUT2D eigenvalue weighted by molar-refractivity contribution is -0.319. The number of hydrogen-bond donors (Lipinski definition) is 4. The third-order valence-electron chi connectivity index (χ3n) is 18.7. The van der Waals surface area contributed by atoms with E-state index < -0.39 is 150 Å². The van der Waals surface area contributed by atoms with Crippen molar-refractivity contribution in [2.24, 2.45) is 23.7 Å². The molecule has 20 nitrogen and oxygen atoms in total. The minimum absolute atomic E-state index is 0.0304. The number of esters is 2. The number of aliphatic hydroxyl groups excluding tert-OH is 3. The van der Waals surface area contributed by atoms with Gasteiger partial charge in [0.05, 0.1) is 60.2 Å². The topological polar surface area (TPSA) is 243 Å². The van der Waals surface area contributed by atoms with Crippen molar-refractivity contribution in [3.05, 3.63) is 53.9 Å². The number of alkyl halides is 1. The van der Waals surface area contributed by atoms with Gasteiger partial charge >= 0.3 is 11.9 Å². The molecule has 1 aromatic heterocycles. The lowest BCUT2D eigenvalue weighted by atomic mass is 9.74. The van der Waals surface area contributed by atoms with E-state index in [4.69, 9.17) is 42.6 Å². The van der Waals surface area contributed by atoms with Gasteiger partial charge in [0.15, 0.2) is 18.2 Å². The number of morpholine rings is 1. The van der Waals surface area contributed by atoms with Crippen molar-refractivity contribution in [3.8, 4) is 11.1 Å². The number of halogens is 1. The van der Waals surface area contributed by atoms with Crippen molar-refractivity contribution >= 4 is 23.6 Å². The molecule has 7 rings (SSSR count). The molecular formula is C60H91FN4O16. The Morgan fingerprint density at radius 3 is 2.21 bits per heavy atom. The number of rotatable bonds is 19. The van der Waals surface area contributed by atoms with Crippen LogP contribution in [-0.2, 0) is 61.8 Å². The molecule has 81 heavy (non-hydrogen) atoms. The SMILES string of the molecule is CC[C@H]1OC(=O)[C@H](C)[C@@H](O[C@H]2C[C@@](C)(OC)[C@@H](O)[C@H](C)O2)[C@H](C)[C@@H](O[C@@H]2O[C@H](C)CC(N(C)CCC(=O)N[C@H](CF)[C@H](O)c3ccc(-c4ccc(C)nc4)cc3)[C@H]2O)[C@](C)(OC)C[C@@H](C)C(=O)[C@H](C)C23C(=O)O[C@@]1(C)[C@@H]2N3CCOC. The largest absolute Gasteiger partial charge is 0.458 e. The molecule has 5 fully saturated rings. The fourth-order valence-electron chi connectivity index (χ4n) is 13.6. The predicted octanol–water partition coefficient (Wildman–Crippen LogP) is 5.03. The molecule has 5 aliphatic heterocycles. The summed E-state index contributed by atoms with van der Waals surface area (Å²) in [4.78, 5) is 66.2. The second kappa shape index (κ2) is 26.0. The number of carbonyl (C=O) groups is 4.